The van der Waals surface area contributed by atoms with E-state index in [9.17, 15) is 4.39 Å². The van der Waals surface area contributed by atoms with Gasteiger partial charge in [0, 0.05) is 24.1 Å². The molecule has 0 aliphatic carbocycles. The molecule has 0 amide bonds. The number of nitrogens with two attached hydrogens (primary N) is 1. The van der Waals surface area contributed by atoms with Crippen molar-refractivity contribution in [1.29, 1.82) is 0 Å². The second-order valence-electron chi connectivity index (χ2n) is 4.88. The molecule has 3 heteroatoms. The zero-order valence-electron chi connectivity index (χ0n) is 10.5. The average Bonchev–Trinajstić information content (AvgIpc) is 2.28. The average molecular weight is 237 g/mol. The van der Waals surface area contributed by atoms with E-state index in [-0.39, 0.29) is 17.5 Å². The van der Waals surface area contributed by atoms with Gasteiger partial charge in [-0.15, -0.1) is 0 Å². The summed E-state index contributed by atoms with van der Waals surface area (Å²) in [7, 11) is 0. The summed E-state index contributed by atoms with van der Waals surface area (Å²) >= 11 is 0. The summed E-state index contributed by atoms with van der Waals surface area (Å²) in [4.78, 5) is 0. The normalized spacial score (nSPS) is 27.4. The molecule has 1 aliphatic heterocycles. The van der Waals surface area contributed by atoms with E-state index in [0.29, 0.717) is 5.75 Å². The smallest absolute Gasteiger partial charge is 0.127 e. The van der Waals surface area contributed by atoms with Crippen LogP contribution < -0.4 is 10.5 Å². The third-order valence-corrected chi connectivity index (χ3v) is 3.64. The van der Waals surface area contributed by atoms with Crippen molar-refractivity contribution in [3.63, 3.8) is 0 Å². The molecule has 1 heterocycles. The molecule has 0 radical (unpaired) electrons. The van der Waals surface area contributed by atoms with Crippen LogP contribution in [-0.2, 0) is 0 Å². The van der Waals surface area contributed by atoms with E-state index >= 15 is 0 Å². The number of rotatable bonds is 3. The Morgan fingerprint density at radius 2 is 2.24 bits per heavy atom. The highest BCUT2D eigenvalue weighted by molar-refractivity contribution is 5.39. The van der Waals surface area contributed by atoms with Crippen molar-refractivity contribution < 1.29 is 9.13 Å². The van der Waals surface area contributed by atoms with Gasteiger partial charge in [0.25, 0.3) is 0 Å². The van der Waals surface area contributed by atoms with Gasteiger partial charge < -0.3 is 10.5 Å². The molecule has 0 aromatic heterocycles. The lowest BCUT2D eigenvalue weighted by Gasteiger charge is -2.41. The Balaban J connectivity index is 2.36. The van der Waals surface area contributed by atoms with Crippen molar-refractivity contribution in [1.82, 2.24) is 0 Å². The third-order valence-electron chi connectivity index (χ3n) is 3.64. The molecule has 1 aromatic rings. The quantitative estimate of drug-likeness (QED) is 0.872. The highest BCUT2D eigenvalue weighted by Gasteiger charge is 2.37. The molecule has 2 nitrogen and oxygen atoms in total. The van der Waals surface area contributed by atoms with Crippen LogP contribution in [0.5, 0.6) is 5.75 Å². The topological polar surface area (TPSA) is 35.2 Å². The summed E-state index contributed by atoms with van der Waals surface area (Å²) in [6.07, 6.45) is 3.73. The van der Waals surface area contributed by atoms with E-state index in [4.69, 9.17) is 10.5 Å². The van der Waals surface area contributed by atoms with Crippen LogP contribution in [0.25, 0.3) is 0 Å². The van der Waals surface area contributed by atoms with Crippen molar-refractivity contribution in [3.05, 3.63) is 29.6 Å². The number of fused-ring (bicyclic) bond motifs is 1. The van der Waals surface area contributed by atoms with Gasteiger partial charge >= 0.3 is 0 Å². The van der Waals surface area contributed by atoms with Gasteiger partial charge in [0.2, 0.25) is 0 Å². The van der Waals surface area contributed by atoms with Crippen molar-refractivity contribution >= 4 is 0 Å². The van der Waals surface area contributed by atoms with Crippen LogP contribution >= 0.6 is 0 Å². The molecule has 1 unspecified atom stereocenters. The van der Waals surface area contributed by atoms with Crippen molar-refractivity contribution in [2.75, 3.05) is 0 Å². The second-order valence-corrected chi connectivity index (χ2v) is 4.88. The number of halogens is 1. The minimum absolute atomic E-state index is 0.0501. The fourth-order valence-electron chi connectivity index (χ4n) is 2.69. The first kappa shape index (κ1) is 12.4. The first-order valence-corrected chi connectivity index (χ1v) is 6.34. The molecule has 1 aromatic carbocycles. The zero-order valence-corrected chi connectivity index (χ0v) is 10.5. The Hall–Kier alpha value is -1.09. The fourth-order valence-corrected chi connectivity index (χ4v) is 2.69. The molecule has 2 atom stereocenters. The predicted molar refractivity (Wildman–Crippen MR) is 66.5 cm³/mol. The van der Waals surface area contributed by atoms with Crippen molar-refractivity contribution in [2.24, 2.45) is 5.73 Å². The number of hydrogen-bond donors (Lipinski definition) is 1. The molecule has 0 saturated carbocycles. The molecular weight excluding hydrogens is 217 g/mol. The van der Waals surface area contributed by atoms with Gasteiger partial charge in [-0.2, -0.15) is 0 Å². The van der Waals surface area contributed by atoms with Gasteiger partial charge in [0.1, 0.15) is 17.2 Å². The lowest BCUT2D eigenvalue weighted by Crippen LogP contribution is -2.42. The van der Waals surface area contributed by atoms with Crippen LogP contribution in [0.1, 0.15) is 51.1 Å². The summed E-state index contributed by atoms with van der Waals surface area (Å²) in [6, 6.07) is 4.58. The summed E-state index contributed by atoms with van der Waals surface area (Å²) in [6.45, 7) is 4.24. The molecule has 2 N–H and O–H groups in total. The van der Waals surface area contributed by atoms with Gasteiger partial charge in [0.15, 0.2) is 0 Å². The van der Waals surface area contributed by atoms with E-state index in [1.807, 2.05) is 0 Å². The maximum atomic E-state index is 13.2. The third kappa shape index (κ3) is 2.29. The summed E-state index contributed by atoms with van der Waals surface area (Å²) in [5.41, 5.74) is 6.88. The van der Waals surface area contributed by atoms with Crippen LogP contribution in [-0.4, -0.2) is 5.60 Å². The number of benzene rings is 1. The Labute approximate surface area is 102 Å². The monoisotopic (exact) mass is 237 g/mol. The van der Waals surface area contributed by atoms with E-state index in [2.05, 4.69) is 13.8 Å². The molecular formula is C14H20FNO. The molecule has 94 valence electrons. The summed E-state index contributed by atoms with van der Waals surface area (Å²) in [5, 5.41) is 0. The Morgan fingerprint density at radius 1 is 1.47 bits per heavy atom. The molecule has 1 aliphatic rings. The van der Waals surface area contributed by atoms with Crippen LogP contribution in [0.2, 0.25) is 0 Å². The van der Waals surface area contributed by atoms with Crippen molar-refractivity contribution in [2.45, 2.75) is 51.2 Å². The molecule has 17 heavy (non-hydrogen) atoms. The standard InChI is InChI=1S/C14H20FNO/c1-3-7-14(4-2)9-12(16)11-6-5-10(15)8-13(11)17-14/h5-6,8,12H,3-4,7,9,16H2,1-2H3/t12-,14?/m1/s1. The van der Waals surface area contributed by atoms with Crippen LogP contribution in [0, 0.1) is 5.82 Å². The SMILES string of the molecule is CCCC1(CC)C[C@@H](N)c2ccc(F)cc2O1. The minimum atomic E-state index is -0.264. The first-order valence-electron chi connectivity index (χ1n) is 6.34. The fraction of sp³-hybridized carbons (Fsp3) is 0.571. The molecule has 2 rings (SSSR count). The minimum Gasteiger partial charge on any atom is -0.487 e. The van der Waals surface area contributed by atoms with Gasteiger partial charge in [-0.05, 0) is 18.9 Å². The summed E-state index contributed by atoms with van der Waals surface area (Å²) in [5.74, 6) is 0.360. The molecule has 0 spiro atoms. The van der Waals surface area contributed by atoms with Gasteiger partial charge in [-0.1, -0.05) is 26.3 Å². The van der Waals surface area contributed by atoms with E-state index < -0.39 is 0 Å². The first-order chi connectivity index (χ1) is 8.10. The number of hydrogen-bond acceptors (Lipinski definition) is 2. The van der Waals surface area contributed by atoms with Crippen LogP contribution in [0.4, 0.5) is 4.39 Å². The van der Waals surface area contributed by atoms with Gasteiger partial charge in [0.05, 0.1) is 0 Å². The maximum absolute atomic E-state index is 13.2. The highest BCUT2D eigenvalue weighted by Crippen LogP contribution is 2.42. The zero-order chi connectivity index (χ0) is 12.5. The lowest BCUT2D eigenvalue weighted by molar-refractivity contribution is 0.0227. The Kier molecular flexibility index (Phi) is 3.38. The predicted octanol–water partition coefficient (Wildman–Crippen LogP) is 3.56. The van der Waals surface area contributed by atoms with Crippen molar-refractivity contribution in [3.8, 4) is 5.75 Å². The van der Waals surface area contributed by atoms with E-state index in [0.717, 1.165) is 31.2 Å². The van der Waals surface area contributed by atoms with Gasteiger partial charge in [-0.25, -0.2) is 4.39 Å². The largest absolute Gasteiger partial charge is 0.487 e. The maximum Gasteiger partial charge on any atom is 0.127 e. The molecule has 0 bridgehead atoms. The van der Waals surface area contributed by atoms with Crippen LogP contribution in [0.3, 0.4) is 0 Å². The Morgan fingerprint density at radius 3 is 2.88 bits per heavy atom. The second kappa shape index (κ2) is 4.65. The van der Waals surface area contributed by atoms with E-state index in [1.54, 1.807) is 6.07 Å². The summed E-state index contributed by atoms with van der Waals surface area (Å²) < 4.78 is 19.3. The molecule has 0 fully saturated rings. The number of ether oxygens (including phenoxy) is 1. The van der Waals surface area contributed by atoms with Gasteiger partial charge in [-0.3, -0.25) is 0 Å². The Bertz CT molecular complexity index is 407. The van der Waals surface area contributed by atoms with E-state index in [1.165, 1.54) is 12.1 Å². The van der Waals surface area contributed by atoms with Crippen LogP contribution in [0.15, 0.2) is 18.2 Å². The lowest BCUT2D eigenvalue weighted by atomic mass is 9.83. The molecule has 0 saturated heterocycles. The highest BCUT2D eigenvalue weighted by atomic mass is 19.1.